The van der Waals surface area contributed by atoms with Crippen LogP contribution in [-0.2, 0) is 6.42 Å². The maximum absolute atomic E-state index is 11.7. The van der Waals surface area contributed by atoms with Crippen molar-refractivity contribution in [3.8, 4) is 0 Å². The van der Waals surface area contributed by atoms with Crippen LogP contribution in [0.15, 0.2) is 51.7 Å². The molecule has 2 aromatic rings. The number of hydrogen-bond acceptors (Lipinski definition) is 2. The number of nitrogens with one attached hydrogen (secondary N) is 1. The van der Waals surface area contributed by atoms with Crippen LogP contribution in [0.4, 0.5) is 0 Å². The van der Waals surface area contributed by atoms with E-state index in [0.717, 1.165) is 12.8 Å². The van der Waals surface area contributed by atoms with E-state index in [1.54, 1.807) is 6.07 Å². The van der Waals surface area contributed by atoms with Gasteiger partial charge in [-0.05, 0) is 40.4 Å². The first-order valence-corrected chi connectivity index (χ1v) is 6.62. The number of amides is 1. The van der Waals surface area contributed by atoms with Crippen LogP contribution >= 0.6 is 15.9 Å². The minimum Gasteiger partial charge on any atom is -0.457 e. The number of furan rings is 1. The Morgan fingerprint density at radius 2 is 2.00 bits per heavy atom. The van der Waals surface area contributed by atoms with Crippen LogP contribution in [0, 0.1) is 0 Å². The molecule has 0 aliphatic heterocycles. The molecule has 2 rings (SSSR count). The first-order chi connectivity index (χ1) is 8.77. The number of carbonyl (C=O) groups excluding carboxylic acids is 1. The Labute approximate surface area is 114 Å². The van der Waals surface area contributed by atoms with Crippen molar-refractivity contribution in [2.24, 2.45) is 0 Å². The molecule has 0 spiro atoms. The number of hydrogen-bond donors (Lipinski definition) is 1. The summed E-state index contributed by atoms with van der Waals surface area (Å²) >= 11 is 3.19. The molecule has 18 heavy (non-hydrogen) atoms. The van der Waals surface area contributed by atoms with Gasteiger partial charge in [-0.2, -0.15) is 0 Å². The van der Waals surface area contributed by atoms with Gasteiger partial charge in [-0.1, -0.05) is 30.3 Å². The molecule has 0 unspecified atom stereocenters. The fraction of sp³-hybridized carbons (Fsp3) is 0.214. The van der Waals surface area contributed by atoms with E-state index in [1.165, 1.54) is 11.8 Å². The molecule has 0 aliphatic carbocycles. The Morgan fingerprint density at radius 3 is 2.67 bits per heavy atom. The molecule has 0 saturated carbocycles. The summed E-state index contributed by atoms with van der Waals surface area (Å²) in [6.07, 6.45) is 3.38. The van der Waals surface area contributed by atoms with Crippen molar-refractivity contribution in [2.75, 3.05) is 6.54 Å². The van der Waals surface area contributed by atoms with E-state index in [0.29, 0.717) is 16.8 Å². The van der Waals surface area contributed by atoms with E-state index >= 15 is 0 Å². The number of halogens is 1. The fourth-order valence-corrected chi connectivity index (χ4v) is 2.11. The van der Waals surface area contributed by atoms with Crippen LogP contribution in [-0.4, -0.2) is 12.5 Å². The third kappa shape index (κ3) is 3.47. The standard InChI is InChI=1S/C14H14BrNO2/c15-13-12(8-10-18-13)14(17)16-9-4-7-11-5-2-1-3-6-11/h1-3,5-6,8,10H,4,7,9H2,(H,16,17). The van der Waals surface area contributed by atoms with Gasteiger partial charge in [0.1, 0.15) is 0 Å². The molecule has 0 fully saturated rings. The maximum Gasteiger partial charge on any atom is 0.255 e. The summed E-state index contributed by atoms with van der Waals surface area (Å²) in [6.45, 7) is 0.658. The number of benzene rings is 1. The number of aryl methyl sites for hydroxylation is 1. The van der Waals surface area contributed by atoms with E-state index in [1.807, 2.05) is 18.2 Å². The Hall–Kier alpha value is -1.55. The van der Waals surface area contributed by atoms with E-state index in [2.05, 4.69) is 33.4 Å². The maximum atomic E-state index is 11.7. The number of rotatable bonds is 5. The van der Waals surface area contributed by atoms with Gasteiger partial charge >= 0.3 is 0 Å². The zero-order valence-corrected chi connectivity index (χ0v) is 11.4. The minimum atomic E-state index is -0.108. The molecule has 0 aliphatic rings. The van der Waals surface area contributed by atoms with Crippen LogP contribution < -0.4 is 5.32 Å². The van der Waals surface area contributed by atoms with Crippen molar-refractivity contribution >= 4 is 21.8 Å². The van der Waals surface area contributed by atoms with Gasteiger partial charge < -0.3 is 9.73 Å². The molecule has 0 atom stereocenters. The highest BCUT2D eigenvalue weighted by molar-refractivity contribution is 9.10. The summed E-state index contributed by atoms with van der Waals surface area (Å²) in [5.41, 5.74) is 1.82. The van der Waals surface area contributed by atoms with Crippen LogP contribution in [0.1, 0.15) is 22.3 Å². The van der Waals surface area contributed by atoms with Gasteiger partial charge in [0.05, 0.1) is 11.8 Å². The lowest BCUT2D eigenvalue weighted by molar-refractivity contribution is 0.0951. The molecule has 1 N–H and O–H groups in total. The van der Waals surface area contributed by atoms with Gasteiger partial charge in [-0.25, -0.2) is 0 Å². The second-order valence-electron chi connectivity index (χ2n) is 3.95. The molecule has 94 valence electrons. The van der Waals surface area contributed by atoms with Crippen LogP contribution in [0.5, 0.6) is 0 Å². The van der Waals surface area contributed by atoms with Crippen molar-refractivity contribution in [2.45, 2.75) is 12.8 Å². The highest BCUT2D eigenvalue weighted by Crippen LogP contribution is 2.16. The second-order valence-corrected chi connectivity index (χ2v) is 4.67. The van der Waals surface area contributed by atoms with Gasteiger partial charge in [0.2, 0.25) is 0 Å². The van der Waals surface area contributed by atoms with E-state index in [-0.39, 0.29) is 5.91 Å². The molecule has 1 aromatic heterocycles. The minimum absolute atomic E-state index is 0.108. The fourth-order valence-electron chi connectivity index (χ4n) is 1.69. The molecule has 0 saturated heterocycles. The summed E-state index contributed by atoms with van der Waals surface area (Å²) < 4.78 is 5.49. The largest absolute Gasteiger partial charge is 0.457 e. The van der Waals surface area contributed by atoms with E-state index in [9.17, 15) is 4.79 Å². The quantitative estimate of drug-likeness (QED) is 0.860. The Bertz CT molecular complexity index is 508. The van der Waals surface area contributed by atoms with Gasteiger partial charge in [0.15, 0.2) is 4.67 Å². The monoisotopic (exact) mass is 307 g/mol. The van der Waals surface area contributed by atoms with Gasteiger partial charge in [-0.3, -0.25) is 4.79 Å². The Morgan fingerprint density at radius 1 is 1.22 bits per heavy atom. The SMILES string of the molecule is O=C(NCCCc1ccccc1)c1ccoc1Br. The predicted octanol–water partition coefficient (Wildman–Crippen LogP) is 3.40. The average Bonchev–Trinajstić information content (AvgIpc) is 2.82. The number of carbonyl (C=O) groups is 1. The summed E-state index contributed by atoms with van der Waals surface area (Å²) in [5.74, 6) is -0.108. The van der Waals surface area contributed by atoms with E-state index < -0.39 is 0 Å². The predicted molar refractivity (Wildman–Crippen MR) is 73.5 cm³/mol. The summed E-state index contributed by atoms with van der Waals surface area (Å²) in [6, 6.07) is 11.9. The lowest BCUT2D eigenvalue weighted by Gasteiger charge is -2.04. The summed E-state index contributed by atoms with van der Waals surface area (Å²) in [4.78, 5) is 11.7. The Balaban J connectivity index is 1.73. The van der Waals surface area contributed by atoms with Crippen LogP contribution in [0.25, 0.3) is 0 Å². The molecular formula is C14H14BrNO2. The first-order valence-electron chi connectivity index (χ1n) is 5.82. The highest BCUT2D eigenvalue weighted by Gasteiger charge is 2.11. The van der Waals surface area contributed by atoms with Gasteiger partial charge in [-0.15, -0.1) is 0 Å². The molecule has 3 nitrogen and oxygen atoms in total. The molecule has 0 radical (unpaired) electrons. The van der Waals surface area contributed by atoms with Crippen molar-refractivity contribution in [1.29, 1.82) is 0 Å². The zero-order valence-electron chi connectivity index (χ0n) is 9.86. The third-order valence-electron chi connectivity index (χ3n) is 2.63. The van der Waals surface area contributed by atoms with Crippen molar-refractivity contribution < 1.29 is 9.21 Å². The normalized spacial score (nSPS) is 10.3. The van der Waals surface area contributed by atoms with Crippen molar-refractivity contribution in [1.82, 2.24) is 5.32 Å². The zero-order chi connectivity index (χ0) is 12.8. The van der Waals surface area contributed by atoms with Crippen molar-refractivity contribution in [3.05, 3.63) is 58.5 Å². The molecule has 1 aromatic carbocycles. The summed E-state index contributed by atoms with van der Waals surface area (Å²) in [7, 11) is 0. The van der Waals surface area contributed by atoms with Gasteiger partial charge in [0.25, 0.3) is 5.91 Å². The topological polar surface area (TPSA) is 42.2 Å². The molecule has 1 heterocycles. The summed E-state index contributed by atoms with van der Waals surface area (Å²) in [5, 5.41) is 2.87. The third-order valence-corrected chi connectivity index (χ3v) is 3.25. The Kier molecular flexibility index (Phi) is 4.59. The van der Waals surface area contributed by atoms with Crippen LogP contribution in [0.3, 0.4) is 0 Å². The molecule has 4 heteroatoms. The molecular weight excluding hydrogens is 294 g/mol. The first kappa shape index (κ1) is 12.9. The smallest absolute Gasteiger partial charge is 0.255 e. The van der Waals surface area contributed by atoms with Crippen molar-refractivity contribution in [3.63, 3.8) is 0 Å². The molecule has 1 amide bonds. The highest BCUT2D eigenvalue weighted by atomic mass is 79.9. The second kappa shape index (κ2) is 6.40. The lowest BCUT2D eigenvalue weighted by atomic mass is 10.1. The van der Waals surface area contributed by atoms with Crippen LogP contribution in [0.2, 0.25) is 0 Å². The van der Waals surface area contributed by atoms with Gasteiger partial charge in [0, 0.05) is 6.54 Å². The van der Waals surface area contributed by atoms with E-state index in [4.69, 9.17) is 4.42 Å². The lowest BCUT2D eigenvalue weighted by Crippen LogP contribution is -2.24. The molecule has 0 bridgehead atoms. The average molecular weight is 308 g/mol.